The van der Waals surface area contributed by atoms with Gasteiger partial charge in [-0.1, -0.05) is 34.6 Å². The van der Waals surface area contributed by atoms with Crippen LogP contribution in [-0.4, -0.2) is 6.54 Å². The molecule has 0 spiro atoms. The van der Waals surface area contributed by atoms with E-state index in [1.54, 1.807) is 0 Å². The van der Waals surface area contributed by atoms with Crippen molar-refractivity contribution in [1.29, 1.82) is 0 Å². The molecule has 1 saturated carbocycles. The number of nitrogens with two attached hydrogens (primary N) is 1. The van der Waals surface area contributed by atoms with Gasteiger partial charge >= 0.3 is 0 Å². The van der Waals surface area contributed by atoms with Crippen LogP contribution in [0.4, 0.5) is 0 Å². The van der Waals surface area contributed by atoms with Gasteiger partial charge in [-0.3, -0.25) is 0 Å². The predicted molar refractivity (Wildman–Crippen MR) is 67.7 cm³/mol. The molecular weight excluding hydrogens is 182 g/mol. The van der Waals surface area contributed by atoms with Gasteiger partial charge in [-0.15, -0.1) is 0 Å². The summed E-state index contributed by atoms with van der Waals surface area (Å²) in [4.78, 5) is 0. The Balaban J connectivity index is 2.70. The summed E-state index contributed by atoms with van der Waals surface area (Å²) < 4.78 is 0. The first-order chi connectivity index (χ1) is 6.86. The Labute approximate surface area is 95.8 Å². The quantitative estimate of drug-likeness (QED) is 0.741. The molecule has 0 amide bonds. The predicted octanol–water partition coefficient (Wildman–Crippen LogP) is 3.68. The maximum atomic E-state index is 5.91. The van der Waals surface area contributed by atoms with E-state index >= 15 is 0 Å². The van der Waals surface area contributed by atoms with E-state index in [1.807, 2.05) is 0 Å². The maximum Gasteiger partial charge on any atom is -0.00460 e. The third-order valence-electron chi connectivity index (χ3n) is 4.39. The Hall–Kier alpha value is -0.0400. The molecule has 0 aliphatic heterocycles. The summed E-state index contributed by atoms with van der Waals surface area (Å²) in [6.07, 6.45) is 4.14. The van der Waals surface area contributed by atoms with Crippen LogP contribution in [0.5, 0.6) is 0 Å². The van der Waals surface area contributed by atoms with Gasteiger partial charge in [0.1, 0.15) is 0 Å². The van der Waals surface area contributed by atoms with E-state index in [9.17, 15) is 0 Å². The number of hydrogen-bond acceptors (Lipinski definition) is 1. The van der Waals surface area contributed by atoms with Crippen LogP contribution < -0.4 is 5.73 Å². The van der Waals surface area contributed by atoms with Crippen LogP contribution in [0.2, 0.25) is 0 Å². The minimum Gasteiger partial charge on any atom is -0.330 e. The van der Waals surface area contributed by atoms with Crippen molar-refractivity contribution in [2.24, 2.45) is 34.8 Å². The SMILES string of the molecule is CC(C)C1CCC(CN)C(C(C)(C)C)C1. The fourth-order valence-electron chi connectivity index (χ4n) is 3.21. The first-order valence-corrected chi connectivity index (χ1v) is 6.56. The molecular formula is C14H29N. The maximum absolute atomic E-state index is 5.91. The largest absolute Gasteiger partial charge is 0.330 e. The molecule has 0 bridgehead atoms. The minimum atomic E-state index is 0.428. The smallest absolute Gasteiger partial charge is 0.00460 e. The van der Waals surface area contributed by atoms with Crippen molar-refractivity contribution in [1.82, 2.24) is 0 Å². The Bertz CT molecular complexity index is 190. The molecule has 1 rings (SSSR count). The molecule has 3 atom stereocenters. The molecule has 0 heterocycles. The van der Waals surface area contributed by atoms with Crippen molar-refractivity contribution in [2.75, 3.05) is 6.54 Å². The molecule has 0 saturated heterocycles. The molecule has 15 heavy (non-hydrogen) atoms. The van der Waals surface area contributed by atoms with Crippen molar-refractivity contribution in [3.63, 3.8) is 0 Å². The second-order valence-corrected chi connectivity index (χ2v) is 6.79. The van der Waals surface area contributed by atoms with Gasteiger partial charge in [-0.25, -0.2) is 0 Å². The highest BCUT2D eigenvalue weighted by Gasteiger charge is 2.37. The molecule has 3 unspecified atom stereocenters. The fraction of sp³-hybridized carbons (Fsp3) is 1.00. The Kier molecular flexibility index (Phi) is 4.22. The van der Waals surface area contributed by atoms with E-state index in [1.165, 1.54) is 19.3 Å². The van der Waals surface area contributed by atoms with Crippen molar-refractivity contribution in [2.45, 2.75) is 53.9 Å². The van der Waals surface area contributed by atoms with Gasteiger partial charge in [-0.05, 0) is 54.9 Å². The van der Waals surface area contributed by atoms with Crippen LogP contribution in [0.1, 0.15) is 53.9 Å². The Morgan fingerprint density at radius 3 is 2.20 bits per heavy atom. The van der Waals surface area contributed by atoms with E-state index in [-0.39, 0.29) is 0 Å². The first-order valence-electron chi connectivity index (χ1n) is 6.56. The molecule has 0 aromatic carbocycles. The van der Waals surface area contributed by atoms with E-state index in [0.717, 1.165) is 30.2 Å². The summed E-state index contributed by atoms with van der Waals surface area (Å²) in [6, 6.07) is 0. The van der Waals surface area contributed by atoms with Crippen LogP contribution in [0, 0.1) is 29.1 Å². The van der Waals surface area contributed by atoms with Crippen molar-refractivity contribution >= 4 is 0 Å². The van der Waals surface area contributed by atoms with Gasteiger partial charge in [0.15, 0.2) is 0 Å². The summed E-state index contributed by atoms with van der Waals surface area (Å²) in [7, 11) is 0. The van der Waals surface area contributed by atoms with Crippen LogP contribution >= 0.6 is 0 Å². The topological polar surface area (TPSA) is 26.0 Å². The third kappa shape index (κ3) is 3.21. The van der Waals surface area contributed by atoms with Gasteiger partial charge in [-0.2, -0.15) is 0 Å². The number of hydrogen-bond donors (Lipinski definition) is 1. The molecule has 1 aliphatic carbocycles. The van der Waals surface area contributed by atoms with Crippen molar-refractivity contribution in [3.8, 4) is 0 Å². The van der Waals surface area contributed by atoms with E-state index < -0.39 is 0 Å². The van der Waals surface area contributed by atoms with Gasteiger partial charge in [0, 0.05) is 0 Å². The Morgan fingerprint density at radius 2 is 1.80 bits per heavy atom. The average molecular weight is 211 g/mol. The van der Waals surface area contributed by atoms with Crippen LogP contribution in [0.25, 0.3) is 0 Å². The van der Waals surface area contributed by atoms with E-state index in [4.69, 9.17) is 5.73 Å². The van der Waals surface area contributed by atoms with E-state index in [2.05, 4.69) is 34.6 Å². The molecule has 0 aromatic heterocycles. The fourth-order valence-corrected chi connectivity index (χ4v) is 3.21. The standard InChI is InChI=1S/C14H29N/c1-10(2)11-6-7-12(9-15)13(8-11)14(3,4)5/h10-13H,6-9,15H2,1-5H3. The van der Waals surface area contributed by atoms with Crippen molar-refractivity contribution in [3.05, 3.63) is 0 Å². The molecule has 0 aromatic rings. The monoisotopic (exact) mass is 211 g/mol. The zero-order valence-corrected chi connectivity index (χ0v) is 11.2. The molecule has 1 aliphatic rings. The van der Waals surface area contributed by atoms with Gasteiger partial charge in [0.25, 0.3) is 0 Å². The Morgan fingerprint density at radius 1 is 1.20 bits per heavy atom. The third-order valence-corrected chi connectivity index (χ3v) is 4.39. The van der Waals surface area contributed by atoms with Crippen LogP contribution in [0.3, 0.4) is 0 Å². The molecule has 1 heteroatoms. The zero-order valence-electron chi connectivity index (χ0n) is 11.2. The average Bonchev–Trinajstić information content (AvgIpc) is 2.15. The van der Waals surface area contributed by atoms with Gasteiger partial charge < -0.3 is 5.73 Å². The highest BCUT2D eigenvalue weighted by molar-refractivity contribution is 4.88. The van der Waals surface area contributed by atoms with Gasteiger partial charge in [0.2, 0.25) is 0 Å². The lowest BCUT2D eigenvalue weighted by molar-refractivity contribution is 0.0648. The molecule has 2 N–H and O–H groups in total. The van der Waals surface area contributed by atoms with E-state index in [0.29, 0.717) is 5.41 Å². The van der Waals surface area contributed by atoms with Crippen LogP contribution in [-0.2, 0) is 0 Å². The summed E-state index contributed by atoms with van der Waals surface area (Å²) in [5.41, 5.74) is 6.34. The normalized spacial score (nSPS) is 33.4. The summed E-state index contributed by atoms with van der Waals surface area (Å²) >= 11 is 0. The number of rotatable bonds is 2. The van der Waals surface area contributed by atoms with Gasteiger partial charge in [0.05, 0.1) is 0 Å². The summed E-state index contributed by atoms with van der Waals surface area (Å²) in [5, 5.41) is 0. The minimum absolute atomic E-state index is 0.428. The summed E-state index contributed by atoms with van der Waals surface area (Å²) in [6.45, 7) is 12.8. The van der Waals surface area contributed by atoms with Crippen LogP contribution in [0.15, 0.2) is 0 Å². The first kappa shape index (κ1) is 13.0. The lowest BCUT2D eigenvalue weighted by Crippen LogP contribution is -2.38. The second-order valence-electron chi connectivity index (χ2n) is 6.79. The molecule has 0 radical (unpaired) electrons. The molecule has 1 nitrogen and oxygen atoms in total. The lowest BCUT2D eigenvalue weighted by atomic mass is 9.62. The van der Waals surface area contributed by atoms with Crippen molar-refractivity contribution < 1.29 is 0 Å². The highest BCUT2D eigenvalue weighted by atomic mass is 14.6. The molecule has 1 fully saturated rings. The highest BCUT2D eigenvalue weighted by Crippen LogP contribution is 2.45. The summed E-state index contributed by atoms with van der Waals surface area (Å²) in [5.74, 6) is 3.36. The lowest BCUT2D eigenvalue weighted by Gasteiger charge is -2.44. The second kappa shape index (κ2) is 4.86. The molecule has 90 valence electrons. The zero-order chi connectivity index (χ0) is 11.6.